The number of nitrogens with one attached hydrogen (secondary N) is 1. The highest BCUT2D eigenvalue weighted by molar-refractivity contribution is 6.02. The van der Waals surface area contributed by atoms with Gasteiger partial charge in [-0.3, -0.25) is 9.78 Å². The van der Waals surface area contributed by atoms with Crippen LogP contribution in [0.5, 0.6) is 0 Å². The van der Waals surface area contributed by atoms with Gasteiger partial charge in [-0.05, 0) is 98.5 Å². The number of nitrogens with zero attached hydrogens (tertiary/aromatic N) is 3. The Bertz CT molecular complexity index is 2080. The average molecular weight is 667 g/mol. The van der Waals surface area contributed by atoms with Crippen LogP contribution in [0.2, 0.25) is 0 Å². The fraction of sp³-hybridized carbons (Fsp3) is 0.279. The highest BCUT2D eigenvalue weighted by Gasteiger charge is 2.29. The maximum absolute atomic E-state index is 12.6. The summed E-state index contributed by atoms with van der Waals surface area (Å²) < 4.78 is 2.52. The topological polar surface area (TPSA) is 94.0 Å². The van der Waals surface area contributed by atoms with Crippen molar-refractivity contribution in [3.05, 3.63) is 119 Å². The molecular formula is C43H46N4O3. The van der Waals surface area contributed by atoms with Gasteiger partial charge in [-0.25, -0.2) is 4.98 Å². The molecule has 0 saturated heterocycles. The normalized spacial score (nSPS) is 13.6. The minimum Gasteiger partial charge on any atom is -0.355 e. The van der Waals surface area contributed by atoms with E-state index in [1.807, 2.05) is 50.1 Å². The number of fused-ring (bicyclic) bond motifs is 7. The number of aromatic nitrogens is 3. The fourth-order valence-corrected chi connectivity index (χ4v) is 7.51. The third-order valence-electron chi connectivity index (χ3n) is 9.77. The molecule has 1 saturated carbocycles. The number of pyridine rings is 2. The Morgan fingerprint density at radius 2 is 1.52 bits per heavy atom. The zero-order valence-corrected chi connectivity index (χ0v) is 29.4. The third-order valence-corrected chi connectivity index (χ3v) is 9.77. The predicted molar refractivity (Wildman–Crippen MR) is 204 cm³/mol. The van der Waals surface area contributed by atoms with Crippen molar-refractivity contribution in [2.45, 2.75) is 71.3 Å². The Kier molecular flexibility index (Phi) is 12.0. The molecule has 1 aliphatic carbocycles. The zero-order chi connectivity index (χ0) is 35.6. The fourth-order valence-electron chi connectivity index (χ4n) is 7.51. The molecule has 4 heterocycles. The first-order chi connectivity index (χ1) is 24.5. The first kappa shape index (κ1) is 35.9. The van der Waals surface area contributed by atoms with Gasteiger partial charge in [0.1, 0.15) is 13.6 Å². The average Bonchev–Trinajstić information content (AvgIpc) is 3.36. The lowest BCUT2D eigenvalue weighted by molar-refractivity contribution is -0.0987. The molecule has 1 N–H and O–H groups in total. The standard InChI is InChI=1S/C34H34N4O.C7H8.2CH2O/c1-21-16-17-36-30(19-21)29-15-12-25-24-9-6-18-38-31-20-23(34(39)35-2)10-11-27(31)32(22-7-4-3-5-8-22)33(38)26(24)13-14-28(25)37-29;1-7-5-3-2-4-6-7;2*1-2/h10-17,19-20,22H,3-9,18H2,1-2H3,(H,35,39);2-6H,1H3;2*1H2. The Morgan fingerprint density at radius 1 is 0.780 bits per heavy atom. The summed E-state index contributed by atoms with van der Waals surface area (Å²) in [5, 5.41) is 5.36. The molecule has 50 heavy (non-hydrogen) atoms. The van der Waals surface area contributed by atoms with E-state index in [1.165, 1.54) is 81.9 Å². The van der Waals surface area contributed by atoms with Crippen molar-refractivity contribution in [3.8, 4) is 22.6 Å². The van der Waals surface area contributed by atoms with Crippen molar-refractivity contribution in [1.82, 2.24) is 19.9 Å². The van der Waals surface area contributed by atoms with Crippen LogP contribution >= 0.6 is 0 Å². The number of rotatable bonds is 3. The molecule has 0 spiro atoms. The maximum Gasteiger partial charge on any atom is 0.251 e. The quantitative estimate of drug-likeness (QED) is 0.203. The summed E-state index contributed by atoms with van der Waals surface area (Å²) in [5.41, 5.74) is 12.9. The molecule has 0 atom stereocenters. The zero-order valence-electron chi connectivity index (χ0n) is 29.4. The highest BCUT2D eigenvalue weighted by atomic mass is 16.1. The maximum atomic E-state index is 12.6. The van der Waals surface area contributed by atoms with Crippen LogP contribution in [-0.2, 0) is 22.6 Å². The number of carbonyl (C=O) groups excluding carboxylic acids is 3. The number of aryl methyl sites for hydroxylation is 4. The van der Waals surface area contributed by atoms with Gasteiger partial charge in [0, 0.05) is 47.2 Å². The number of carbonyl (C=O) groups is 3. The van der Waals surface area contributed by atoms with Crippen LogP contribution in [-0.4, -0.2) is 41.1 Å². The lowest BCUT2D eigenvalue weighted by Crippen LogP contribution is -2.17. The SMILES string of the molecule is C=O.C=O.CNC(=O)c1ccc2c(C3CCCCC3)c3n(c2c1)CCCc1c-3ccc2nc(-c3cc(C)ccn3)ccc12.Cc1ccccc1. The third kappa shape index (κ3) is 7.42. The summed E-state index contributed by atoms with van der Waals surface area (Å²) in [6, 6.07) is 29.6. The summed E-state index contributed by atoms with van der Waals surface area (Å²) >= 11 is 0. The lowest BCUT2D eigenvalue weighted by atomic mass is 9.81. The molecule has 7 nitrogen and oxygen atoms in total. The Labute approximate surface area is 294 Å². The van der Waals surface area contributed by atoms with E-state index in [1.54, 1.807) is 7.05 Å². The van der Waals surface area contributed by atoms with Crippen LogP contribution in [0.15, 0.2) is 91.1 Å². The van der Waals surface area contributed by atoms with E-state index in [-0.39, 0.29) is 5.91 Å². The van der Waals surface area contributed by atoms with Gasteiger partial charge in [0.2, 0.25) is 0 Å². The molecule has 7 heteroatoms. The molecule has 6 aromatic rings. The van der Waals surface area contributed by atoms with E-state index >= 15 is 0 Å². The van der Waals surface area contributed by atoms with Gasteiger partial charge in [0.25, 0.3) is 5.91 Å². The predicted octanol–water partition coefficient (Wildman–Crippen LogP) is 9.21. The number of amides is 1. The van der Waals surface area contributed by atoms with Crippen LogP contribution in [0.4, 0.5) is 0 Å². The van der Waals surface area contributed by atoms with Gasteiger partial charge in [-0.15, -0.1) is 0 Å². The van der Waals surface area contributed by atoms with E-state index in [4.69, 9.17) is 14.6 Å². The van der Waals surface area contributed by atoms with Crippen molar-refractivity contribution in [2.75, 3.05) is 7.05 Å². The smallest absolute Gasteiger partial charge is 0.251 e. The molecule has 3 aromatic carbocycles. The van der Waals surface area contributed by atoms with Crippen LogP contribution < -0.4 is 5.32 Å². The molecular weight excluding hydrogens is 620 g/mol. The molecule has 1 amide bonds. The molecule has 8 rings (SSSR count). The summed E-state index contributed by atoms with van der Waals surface area (Å²) in [4.78, 5) is 38.2. The highest BCUT2D eigenvalue weighted by Crippen LogP contribution is 2.47. The Balaban J connectivity index is 0.000000387. The van der Waals surface area contributed by atoms with Gasteiger partial charge in [0.05, 0.1) is 22.6 Å². The van der Waals surface area contributed by atoms with Crippen molar-refractivity contribution in [2.24, 2.45) is 0 Å². The first-order valence-electron chi connectivity index (χ1n) is 17.4. The Hall–Kier alpha value is -5.43. The van der Waals surface area contributed by atoms with Crippen molar-refractivity contribution in [3.63, 3.8) is 0 Å². The molecule has 0 bridgehead atoms. The van der Waals surface area contributed by atoms with Crippen LogP contribution in [0, 0.1) is 13.8 Å². The number of benzene rings is 3. The van der Waals surface area contributed by atoms with Crippen molar-refractivity contribution in [1.29, 1.82) is 0 Å². The lowest BCUT2D eigenvalue weighted by Gasteiger charge is -2.24. The van der Waals surface area contributed by atoms with Crippen LogP contribution in [0.1, 0.15) is 77.1 Å². The second-order valence-electron chi connectivity index (χ2n) is 12.9. The summed E-state index contributed by atoms with van der Waals surface area (Å²) in [7, 11) is 1.70. The van der Waals surface area contributed by atoms with Gasteiger partial charge >= 0.3 is 0 Å². The van der Waals surface area contributed by atoms with Gasteiger partial charge in [0.15, 0.2) is 0 Å². The van der Waals surface area contributed by atoms with Crippen LogP contribution in [0.3, 0.4) is 0 Å². The van der Waals surface area contributed by atoms with Gasteiger partial charge in [-0.1, -0.05) is 73.4 Å². The monoisotopic (exact) mass is 666 g/mol. The van der Waals surface area contributed by atoms with E-state index in [2.05, 4.69) is 83.3 Å². The molecule has 0 unspecified atom stereocenters. The number of hydrogen-bond acceptors (Lipinski definition) is 5. The van der Waals surface area contributed by atoms with E-state index < -0.39 is 0 Å². The summed E-state index contributed by atoms with van der Waals surface area (Å²) in [5.74, 6) is 0.523. The minimum atomic E-state index is -0.0309. The van der Waals surface area contributed by atoms with E-state index in [0.29, 0.717) is 5.92 Å². The van der Waals surface area contributed by atoms with Crippen molar-refractivity contribution >= 4 is 41.3 Å². The molecule has 0 radical (unpaired) electrons. The molecule has 256 valence electrons. The van der Waals surface area contributed by atoms with Gasteiger partial charge in [-0.2, -0.15) is 0 Å². The molecule has 2 aliphatic rings. The van der Waals surface area contributed by atoms with Crippen molar-refractivity contribution < 1.29 is 14.4 Å². The molecule has 1 fully saturated rings. The number of hydrogen-bond donors (Lipinski definition) is 1. The minimum absolute atomic E-state index is 0.0309. The largest absolute Gasteiger partial charge is 0.355 e. The summed E-state index contributed by atoms with van der Waals surface area (Å²) in [6.45, 7) is 9.12. The summed E-state index contributed by atoms with van der Waals surface area (Å²) in [6.07, 6.45) is 10.3. The van der Waals surface area contributed by atoms with Gasteiger partial charge < -0.3 is 19.5 Å². The first-order valence-corrected chi connectivity index (χ1v) is 17.4. The van der Waals surface area contributed by atoms with E-state index in [0.717, 1.165) is 41.9 Å². The Morgan fingerprint density at radius 3 is 2.20 bits per heavy atom. The second kappa shape index (κ2) is 16.8. The molecule has 1 aliphatic heterocycles. The molecule has 3 aromatic heterocycles. The van der Waals surface area contributed by atoms with Crippen LogP contribution in [0.25, 0.3) is 44.5 Å². The van der Waals surface area contributed by atoms with E-state index in [9.17, 15) is 4.79 Å². The second-order valence-corrected chi connectivity index (χ2v) is 12.9.